The normalized spacial score (nSPS) is 16.2. The molecule has 6 heteroatoms. The van der Waals surface area contributed by atoms with E-state index in [4.69, 9.17) is 0 Å². The van der Waals surface area contributed by atoms with Crippen molar-refractivity contribution in [2.24, 2.45) is 0 Å². The Morgan fingerprint density at radius 3 is 2.50 bits per heavy atom. The molecule has 110 valence electrons. The number of aromatic nitrogens is 2. The molecule has 0 saturated carbocycles. The van der Waals surface area contributed by atoms with Crippen LogP contribution in [0.2, 0.25) is 0 Å². The number of carbonyl (C=O) groups is 2. The SMILES string of the molecule is CCC(=O)NC1CCN(C(=O)c2c(C)n[nH]c2C)CC1. The van der Waals surface area contributed by atoms with Crippen LogP contribution < -0.4 is 5.32 Å². The Balaban J connectivity index is 1.94. The summed E-state index contributed by atoms with van der Waals surface area (Å²) in [5.41, 5.74) is 2.24. The van der Waals surface area contributed by atoms with Gasteiger partial charge in [0.05, 0.1) is 11.3 Å². The van der Waals surface area contributed by atoms with E-state index in [1.807, 2.05) is 25.7 Å². The zero-order valence-electron chi connectivity index (χ0n) is 12.3. The molecule has 2 heterocycles. The highest BCUT2D eigenvalue weighted by Gasteiger charge is 2.26. The molecule has 1 aliphatic rings. The monoisotopic (exact) mass is 278 g/mol. The lowest BCUT2D eigenvalue weighted by molar-refractivity contribution is -0.121. The van der Waals surface area contributed by atoms with Gasteiger partial charge < -0.3 is 10.2 Å². The molecule has 0 atom stereocenters. The van der Waals surface area contributed by atoms with Gasteiger partial charge in [-0.05, 0) is 26.7 Å². The predicted octanol–water partition coefficient (Wildman–Crippen LogP) is 1.16. The van der Waals surface area contributed by atoms with Crippen LogP contribution >= 0.6 is 0 Å². The molecular weight excluding hydrogens is 256 g/mol. The van der Waals surface area contributed by atoms with Crippen LogP contribution in [0.1, 0.15) is 47.9 Å². The standard InChI is InChI=1S/C14H22N4O2/c1-4-12(19)15-11-5-7-18(8-6-11)14(20)13-9(2)16-17-10(13)3/h11H,4-8H2,1-3H3,(H,15,19)(H,16,17). The molecule has 0 unspecified atom stereocenters. The van der Waals surface area contributed by atoms with E-state index in [0.29, 0.717) is 25.1 Å². The Bertz CT molecular complexity index is 482. The summed E-state index contributed by atoms with van der Waals surface area (Å²) in [7, 11) is 0. The summed E-state index contributed by atoms with van der Waals surface area (Å²) in [6, 6.07) is 0.193. The summed E-state index contributed by atoms with van der Waals surface area (Å²) >= 11 is 0. The van der Waals surface area contributed by atoms with Crippen molar-refractivity contribution >= 4 is 11.8 Å². The van der Waals surface area contributed by atoms with Crippen LogP contribution in [0.5, 0.6) is 0 Å². The van der Waals surface area contributed by atoms with Crippen molar-refractivity contribution in [2.45, 2.75) is 46.1 Å². The number of hydrogen-bond donors (Lipinski definition) is 2. The molecule has 2 N–H and O–H groups in total. The van der Waals surface area contributed by atoms with Crippen LogP contribution in [-0.2, 0) is 4.79 Å². The Morgan fingerprint density at radius 1 is 1.35 bits per heavy atom. The summed E-state index contributed by atoms with van der Waals surface area (Å²) < 4.78 is 0. The number of nitrogens with one attached hydrogen (secondary N) is 2. The number of piperidine rings is 1. The predicted molar refractivity (Wildman–Crippen MR) is 75.4 cm³/mol. The van der Waals surface area contributed by atoms with Crippen molar-refractivity contribution in [3.63, 3.8) is 0 Å². The summed E-state index contributed by atoms with van der Waals surface area (Å²) in [5, 5.41) is 9.90. The summed E-state index contributed by atoms with van der Waals surface area (Å²) in [6.07, 6.45) is 2.13. The number of H-pyrrole nitrogens is 1. The lowest BCUT2D eigenvalue weighted by atomic mass is 10.0. The fourth-order valence-electron chi connectivity index (χ4n) is 2.58. The van der Waals surface area contributed by atoms with E-state index >= 15 is 0 Å². The molecule has 2 rings (SSSR count). The van der Waals surface area contributed by atoms with Crippen LogP contribution in [-0.4, -0.2) is 46.0 Å². The van der Waals surface area contributed by atoms with Gasteiger partial charge in [0, 0.05) is 31.2 Å². The maximum absolute atomic E-state index is 12.5. The Kier molecular flexibility index (Phi) is 4.42. The minimum Gasteiger partial charge on any atom is -0.353 e. The number of rotatable bonds is 3. The number of amides is 2. The summed E-state index contributed by atoms with van der Waals surface area (Å²) in [6.45, 7) is 6.90. The van der Waals surface area contributed by atoms with Gasteiger partial charge in [-0.1, -0.05) is 6.92 Å². The number of nitrogens with zero attached hydrogens (tertiary/aromatic N) is 2. The van der Waals surface area contributed by atoms with Gasteiger partial charge in [-0.3, -0.25) is 14.7 Å². The van der Waals surface area contributed by atoms with E-state index in [1.165, 1.54) is 0 Å². The molecule has 1 aromatic heterocycles. The highest BCUT2D eigenvalue weighted by Crippen LogP contribution is 2.17. The minimum absolute atomic E-state index is 0.0361. The fourth-order valence-corrected chi connectivity index (χ4v) is 2.58. The second-order valence-electron chi connectivity index (χ2n) is 5.30. The number of likely N-dealkylation sites (tertiary alicyclic amines) is 1. The molecule has 6 nitrogen and oxygen atoms in total. The summed E-state index contributed by atoms with van der Waals surface area (Å²) in [4.78, 5) is 25.7. The van der Waals surface area contributed by atoms with Crippen molar-refractivity contribution in [1.82, 2.24) is 20.4 Å². The average molecular weight is 278 g/mol. The lowest BCUT2D eigenvalue weighted by Crippen LogP contribution is -2.46. The highest BCUT2D eigenvalue weighted by atomic mass is 16.2. The zero-order chi connectivity index (χ0) is 14.7. The van der Waals surface area contributed by atoms with Gasteiger partial charge in [0.2, 0.25) is 5.91 Å². The maximum atomic E-state index is 12.5. The second kappa shape index (κ2) is 6.07. The third-order valence-corrected chi connectivity index (χ3v) is 3.81. The van der Waals surface area contributed by atoms with E-state index in [9.17, 15) is 9.59 Å². The Hall–Kier alpha value is -1.85. The van der Waals surface area contributed by atoms with Crippen molar-refractivity contribution in [1.29, 1.82) is 0 Å². The van der Waals surface area contributed by atoms with Gasteiger partial charge in [-0.15, -0.1) is 0 Å². The van der Waals surface area contributed by atoms with Gasteiger partial charge in [-0.2, -0.15) is 5.10 Å². The van der Waals surface area contributed by atoms with E-state index in [1.54, 1.807) is 0 Å². The molecule has 20 heavy (non-hydrogen) atoms. The largest absolute Gasteiger partial charge is 0.353 e. The first kappa shape index (κ1) is 14.6. The van der Waals surface area contributed by atoms with Crippen molar-refractivity contribution < 1.29 is 9.59 Å². The van der Waals surface area contributed by atoms with Crippen LogP contribution in [0.15, 0.2) is 0 Å². The zero-order valence-corrected chi connectivity index (χ0v) is 12.3. The number of aryl methyl sites for hydroxylation is 2. The van der Waals surface area contributed by atoms with Crippen LogP contribution in [0, 0.1) is 13.8 Å². The van der Waals surface area contributed by atoms with Gasteiger partial charge in [0.25, 0.3) is 5.91 Å². The third-order valence-electron chi connectivity index (χ3n) is 3.81. The third kappa shape index (κ3) is 3.00. The van der Waals surface area contributed by atoms with Gasteiger partial charge in [-0.25, -0.2) is 0 Å². The van der Waals surface area contributed by atoms with Crippen molar-refractivity contribution in [2.75, 3.05) is 13.1 Å². The van der Waals surface area contributed by atoms with Gasteiger partial charge in [0.1, 0.15) is 0 Å². The van der Waals surface area contributed by atoms with Crippen LogP contribution in [0.3, 0.4) is 0 Å². The van der Waals surface area contributed by atoms with Gasteiger partial charge >= 0.3 is 0 Å². The molecule has 1 aromatic rings. The number of carbonyl (C=O) groups excluding carboxylic acids is 2. The van der Waals surface area contributed by atoms with E-state index < -0.39 is 0 Å². The molecule has 0 aliphatic carbocycles. The molecule has 0 radical (unpaired) electrons. The van der Waals surface area contributed by atoms with Crippen LogP contribution in [0.25, 0.3) is 0 Å². The Labute approximate surface area is 118 Å². The quantitative estimate of drug-likeness (QED) is 0.871. The first-order chi connectivity index (χ1) is 9.52. The first-order valence-corrected chi connectivity index (χ1v) is 7.13. The minimum atomic E-state index is 0.0361. The van der Waals surface area contributed by atoms with Crippen molar-refractivity contribution in [3.05, 3.63) is 17.0 Å². The van der Waals surface area contributed by atoms with E-state index in [2.05, 4.69) is 15.5 Å². The highest BCUT2D eigenvalue weighted by molar-refractivity contribution is 5.96. The smallest absolute Gasteiger partial charge is 0.257 e. The van der Waals surface area contributed by atoms with E-state index in [-0.39, 0.29) is 17.9 Å². The van der Waals surface area contributed by atoms with E-state index in [0.717, 1.165) is 24.2 Å². The fraction of sp³-hybridized carbons (Fsp3) is 0.643. The molecule has 0 spiro atoms. The van der Waals surface area contributed by atoms with Crippen LogP contribution in [0.4, 0.5) is 0 Å². The second-order valence-corrected chi connectivity index (χ2v) is 5.30. The Morgan fingerprint density at radius 2 is 2.00 bits per heavy atom. The van der Waals surface area contributed by atoms with Gasteiger partial charge in [0.15, 0.2) is 0 Å². The number of aromatic amines is 1. The molecule has 1 saturated heterocycles. The molecule has 1 fully saturated rings. The molecule has 0 bridgehead atoms. The lowest BCUT2D eigenvalue weighted by Gasteiger charge is -2.32. The first-order valence-electron chi connectivity index (χ1n) is 7.13. The number of hydrogen-bond acceptors (Lipinski definition) is 3. The molecule has 2 amide bonds. The topological polar surface area (TPSA) is 78.1 Å². The molecule has 1 aliphatic heterocycles. The molecule has 0 aromatic carbocycles. The molecular formula is C14H22N4O2. The maximum Gasteiger partial charge on any atom is 0.257 e. The average Bonchev–Trinajstić information content (AvgIpc) is 2.78. The van der Waals surface area contributed by atoms with Crippen molar-refractivity contribution in [3.8, 4) is 0 Å². The summed E-state index contributed by atoms with van der Waals surface area (Å²) in [5.74, 6) is 0.116.